The van der Waals surface area contributed by atoms with Gasteiger partial charge in [-0.3, -0.25) is 0 Å². The number of rotatable bonds is 4. The Hall–Kier alpha value is -1.23. The lowest BCUT2D eigenvalue weighted by Gasteiger charge is -2.04. The van der Waals surface area contributed by atoms with Crippen molar-refractivity contribution < 1.29 is 18.6 Å². The molecule has 3 nitrogen and oxygen atoms in total. The molecule has 1 aliphatic rings. The zero-order chi connectivity index (χ0) is 10.9. The van der Waals surface area contributed by atoms with Crippen LogP contribution >= 0.6 is 0 Å². The highest BCUT2D eigenvalue weighted by atomic mass is 19.3. The van der Waals surface area contributed by atoms with Crippen LogP contribution in [0.4, 0.5) is 8.78 Å². The summed E-state index contributed by atoms with van der Waals surface area (Å²) >= 11 is 0. The second kappa shape index (κ2) is 3.73. The van der Waals surface area contributed by atoms with Crippen LogP contribution in [0.25, 0.3) is 0 Å². The molecule has 1 heterocycles. The molecule has 1 aromatic rings. The largest absolute Gasteiger partial charge is 0.477 e. The van der Waals surface area contributed by atoms with Crippen molar-refractivity contribution in [1.82, 2.24) is 4.98 Å². The van der Waals surface area contributed by atoms with Gasteiger partial charge in [0, 0.05) is 18.7 Å². The fraction of sp³-hybridized carbons (Fsp3) is 0.500. The number of aliphatic hydroxyl groups excluding tert-OH is 1. The summed E-state index contributed by atoms with van der Waals surface area (Å²) in [6, 6.07) is 3.21. The first-order chi connectivity index (χ1) is 7.12. The smallest absolute Gasteiger partial charge is 0.255 e. The molecule has 5 heteroatoms. The molecule has 0 saturated heterocycles. The fourth-order valence-electron chi connectivity index (χ4n) is 1.23. The third-order valence-electron chi connectivity index (χ3n) is 2.37. The highest BCUT2D eigenvalue weighted by Gasteiger charge is 2.57. The molecule has 1 atom stereocenters. The molecule has 1 aliphatic carbocycles. The zero-order valence-electron chi connectivity index (χ0n) is 7.99. The summed E-state index contributed by atoms with van der Waals surface area (Å²) in [5.74, 6) is -2.91. The van der Waals surface area contributed by atoms with E-state index in [0.717, 1.165) is 0 Å². The van der Waals surface area contributed by atoms with Crippen molar-refractivity contribution in [2.75, 3.05) is 6.61 Å². The van der Waals surface area contributed by atoms with Crippen LogP contribution in [0.1, 0.15) is 12.0 Å². The van der Waals surface area contributed by atoms with E-state index in [1.54, 1.807) is 12.1 Å². The molecule has 2 rings (SSSR count). The lowest BCUT2D eigenvalue weighted by molar-refractivity contribution is 0.0849. The van der Waals surface area contributed by atoms with Gasteiger partial charge in [0.05, 0.1) is 19.1 Å². The molecule has 0 spiro atoms. The van der Waals surface area contributed by atoms with Crippen LogP contribution in [0.3, 0.4) is 0 Å². The van der Waals surface area contributed by atoms with Gasteiger partial charge in [-0.1, -0.05) is 0 Å². The van der Waals surface area contributed by atoms with Crippen molar-refractivity contribution in [3.05, 3.63) is 23.9 Å². The van der Waals surface area contributed by atoms with Gasteiger partial charge in [-0.05, 0) is 11.6 Å². The number of aliphatic hydroxyl groups is 1. The van der Waals surface area contributed by atoms with Gasteiger partial charge >= 0.3 is 0 Å². The molecule has 0 bridgehead atoms. The number of hydrogen-bond acceptors (Lipinski definition) is 3. The van der Waals surface area contributed by atoms with Crippen molar-refractivity contribution in [1.29, 1.82) is 0 Å². The van der Waals surface area contributed by atoms with E-state index in [1.165, 1.54) is 6.20 Å². The van der Waals surface area contributed by atoms with Crippen LogP contribution in [0.15, 0.2) is 18.3 Å². The van der Waals surface area contributed by atoms with Crippen LogP contribution in [0.2, 0.25) is 0 Å². The van der Waals surface area contributed by atoms with Gasteiger partial charge in [-0.15, -0.1) is 0 Å². The normalized spacial score (nSPS) is 22.5. The Morgan fingerprint density at radius 1 is 1.53 bits per heavy atom. The summed E-state index contributed by atoms with van der Waals surface area (Å²) in [5.41, 5.74) is 0.666. The minimum Gasteiger partial charge on any atom is -0.477 e. The predicted octanol–water partition coefficient (Wildman–Crippen LogP) is 1.61. The Morgan fingerprint density at radius 2 is 2.27 bits per heavy atom. The number of hydrogen-bond donors (Lipinski definition) is 1. The van der Waals surface area contributed by atoms with E-state index in [2.05, 4.69) is 4.98 Å². The molecular formula is C10H11F2NO2. The summed E-state index contributed by atoms with van der Waals surface area (Å²) < 4.78 is 30.1. The molecular weight excluding hydrogens is 204 g/mol. The van der Waals surface area contributed by atoms with E-state index in [4.69, 9.17) is 9.84 Å². The maximum atomic E-state index is 12.5. The molecule has 15 heavy (non-hydrogen) atoms. The van der Waals surface area contributed by atoms with Gasteiger partial charge in [0.1, 0.15) is 0 Å². The summed E-state index contributed by atoms with van der Waals surface area (Å²) in [6.45, 7) is -0.0908. The van der Waals surface area contributed by atoms with Crippen LogP contribution in [0.5, 0.6) is 5.88 Å². The maximum Gasteiger partial charge on any atom is 0.255 e. The first-order valence-corrected chi connectivity index (χ1v) is 4.68. The zero-order valence-corrected chi connectivity index (χ0v) is 7.99. The highest BCUT2D eigenvalue weighted by molar-refractivity contribution is 5.17. The van der Waals surface area contributed by atoms with E-state index in [-0.39, 0.29) is 19.6 Å². The van der Waals surface area contributed by atoms with Crippen LogP contribution < -0.4 is 4.74 Å². The average Bonchev–Trinajstić information content (AvgIpc) is 2.84. The number of pyridine rings is 1. The maximum absolute atomic E-state index is 12.5. The highest BCUT2D eigenvalue weighted by Crippen LogP contribution is 2.48. The number of ether oxygens (including phenoxy) is 1. The van der Waals surface area contributed by atoms with Gasteiger partial charge in [-0.25, -0.2) is 13.8 Å². The molecule has 1 aromatic heterocycles. The summed E-state index contributed by atoms with van der Waals surface area (Å²) in [4.78, 5) is 3.87. The molecule has 0 aliphatic heterocycles. The second-order valence-corrected chi connectivity index (χ2v) is 3.64. The lowest BCUT2D eigenvalue weighted by atomic mass is 10.3. The Kier molecular flexibility index (Phi) is 2.56. The first-order valence-electron chi connectivity index (χ1n) is 4.68. The Morgan fingerprint density at radius 3 is 2.73 bits per heavy atom. The minimum absolute atomic E-state index is 0.00152. The molecule has 1 unspecified atom stereocenters. The third-order valence-corrected chi connectivity index (χ3v) is 2.37. The summed E-state index contributed by atoms with van der Waals surface area (Å²) in [7, 11) is 0. The third kappa shape index (κ3) is 2.41. The topological polar surface area (TPSA) is 42.4 Å². The Labute approximate surface area is 85.7 Å². The first kappa shape index (κ1) is 10.3. The van der Waals surface area contributed by atoms with Crippen molar-refractivity contribution in [3.63, 3.8) is 0 Å². The van der Waals surface area contributed by atoms with Gasteiger partial charge in [0.2, 0.25) is 5.88 Å². The number of aromatic nitrogens is 1. The summed E-state index contributed by atoms with van der Waals surface area (Å²) in [6.07, 6.45) is 1.36. The second-order valence-electron chi connectivity index (χ2n) is 3.64. The van der Waals surface area contributed by atoms with E-state index in [0.29, 0.717) is 11.4 Å². The van der Waals surface area contributed by atoms with Crippen molar-refractivity contribution >= 4 is 0 Å². The van der Waals surface area contributed by atoms with Crippen molar-refractivity contribution in [2.45, 2.75) is 19.0 Å². The number of nitrogens with zero attached hydrogens (tertiary/aromatic N) is 1. The average molecular weight is 215 g/mol. The van der Waals surface area contributed by atoms with Crippen LogP contribution in [-0.4, -0.2) is 22.6 Å². The Balaban J connectivity index is 1.84. The van der Waals surface area contributed by atoms with Gasteiger partial charge < -0.3 is 9.84 Å². The molecule has 0 radical (unpaired) electrons. The number of halogens is 2. The monoisotopic (exact) mass is 215 g/mol. The minimum atomic E-state index is -2.55. The van der Waals surface area contributed by atoms with Gasteiger partial charge in [0.25, 0.3) is 5.92 Å². The molecule has 1 fully saturated rings. The molecule has 0 aromatic carbocycles. The Bertz CT molecular complexity index is 340. The van der Waals surface area contributed by atoms with Gasteiger partial charge in [0.15, 0.2) is 0 Å². The predicted molar refractivity (Wildman–Crippen MR) is 48.7 cm³/mol. The van der Waals surface area contributed by atoms with Crippen molar-refractivity contribution in [2.24, 2.45) is 5.92 Å². The molecule has 0 amide bonds. The van der Waals surface area contributed by atoms with Gasteiger partial charge in [-0.2, -0.15) is 0 Å². The lowest BCUT2D eigenvalue weighted by Crippen LogP contribution is -2.06. The fourth-order valence-corrected chi connectivity index (χ4v) is 1.23. The van der Waals surface area contributed by atoms with E-state index < -0.39 is 11.8 Å². The van der Waals surface area contributed by atoms with Crippen LogP contribution in [0, 0.1) is 5.92 Å². The summed E-state index contributed by atoms with van der Waals surface area (Å²) in [5, 5.41) is 8.75. The van der Waals surface area contributed by atoms with E-state index in [1.807, 2.05) is 0 Å². The quantitative estimate of drug-likeness (QED) is 0.829. The standard InChI is InChI=1S/C10H11F2NO2/c11-10(12)3-8(10)6-15-9-2-1-7(5-14)4-13-9/h1-2,4,8,14H,3,5-6H2. The van der Waals surface area contributed by atoms with Crippen LogP contribution in [-0.2, 0) is 6.61 Å². The molecule has 82 valence electrons. The molecule has 1 N–H and O–H groups in total. The van der Waals surface area contributed by atoms with E-state index >= 15 is 0 Å². The number of alkyl halides is 2. The van der Waals surface area contributed by atoms with E-state index in [9.17, 15) is 8.78 Å². The molecule has 1 saturated carbocycles. The SMILES string of the molecule is OCc1ccc(OCC2CC2(F)F)nc1. The van der Waals surface area contributed by atoms with Crippen molar-refractivity contribution in [3.8, 4) is 5.88 Å².